The first kappa shape index (κ1) is 16.8. The van der Waals surface area contributed by atoms with Crippen molar-refractivity contribution in [2.45, 2.75) is 44.6 Å². The molecular formula is C19H22ClFN2O2. The first-order valence-corrected chi connectivity index (χ1v) is 9.39. The normalized spacial score (nSPS) is 27.0. The number of carbonyl (C=O) groups is 2. The van der Waals surface area contributed by atoms with E-state index in [4.69, 9.17) is 11.6 Å². The molecule has 0 N–H and O–H groups in total. The topological polar surface area (TPSA) is 40.6 Å². The zero-order valence-corrected chi connectivity index (χ0v) is 14.9. The summed E-state index contributed by atoms with van der Waals surface area (Å²) in [5.74, 6) is -0.455. The van der Waals surface area contributed by atoms with Gasteiger partial charge >= 0.3 is 0 Å². The summed E-state index contributed by atoms with van der Waals surface area (Å²) in [5, 5.41) is 0.0255. The van der Waals surface area contributed by atoms with Crippen LogP contribution in [0.1, 0.15) is 48.9 Å². The highest BCUT2D eigenvalue weighted by Crippen LogP contribution is 2.42. The molecule has 1 aliphatic carbocycles. The van der Waals surface area contributed by atoms with Gasteiger partial charge in [0.25, 0.3) is 5.91 Å². The Morgan fingerprint density at radius 1 is 1.24 bits per heavy atom. The van der Waals surface area contributed by atoms with Gasteiger partial charge in [0.15, 0.2) is 0 Å². The van der Waals surface area contributed by atoms with Gasteiger partial charge in [-0.1, -0.05) is 11.6 Å². The van der Waals surface area contributed by atoms with Crippen molar-refractivity contribution in [1.82, 2.24) is 9.80 Å². The Kier molecular flexibility index (Phi) is 4.22. The smallest absolute Gasteiger partial charge is 0.253 e. The van der Waals surface area contributed by atoms with Crippen LogP contribution >= 0.6 is 11.6 Å². The van der Waals surface area contributed by atoms with E-state index in [-0.39, 0.29) is 22.3 Å². The molecule has 25 heavy (non-hydrogen) atoms. The van der Waals surface area contributed by atoms with Gasteiger partial charge in [0, 0.05) is 43.1 Å². The summed E-state index contributed by atoms with van der Waals surface area (Å²) in [4.78, 5) is 28.9. The van der Waals surface area contributed by atoms with Crippen LogP contribution in [0.4, 0.5) is 4.39 Å². The maximum Gasteiger partial charge on any atom is 0.253 e. The van der Waals surface area contributed by atoms with E-state index in [1.807, 2.05) is 9.80 Å². The maximum absolute atomic E-state index is 13.7. The Labute approximate surface area is 151 Å². The number of halogens is 2. The van der Waals surface area contributed by atoms with Gasteiger partial charge < -0.3 is 9.80 Å². The Morgan fingerprint density at radius 3 is 2.76 bits per heavy atom. The summed E-state index contributed by atoms with van der Waals surface area (Å²) in [7, 11) is 0. The highest BCUT2D eigenvalue weighted by molar-refractivity contribution is 6.30. The van der Waals surface area contributed by atoms with Crippen LogP contribution < -0.4 is 0 Å². The van der Waals surface area contributed by atoms with Crippen LogP contribution in [0.15, 0.2) is 18.2 Å². The number of carbonyl (C=O) groups excluding carboxylic acids is 2. The molecule has 2 aliphatic heterocycles. The fourth-order valence-electron chi connectivity index (χ4n) is 4.29. The van der Waals surface area contributed by atoms with Crippen molar-refractivity contribution in [3.63, 3.8) is 0 Å². The fourth-order valence-corrected chi connectivity index (χ4v) is 4.41. The van der Waals surface area contributed by atoms with Gasteiger partial charge in [-0.25, -0.2) is 4.39 Å². The second kappa shape index (κ2) is 6.27. The summed E-state index contributed by atoms with van der Waals surface area (Å²) in [5.41, 5.74) is 0.333. The standard InChI is InChI=1S/C19H22ClFN2O2/c20-15-5-2-13(10-16(15)21)18(25)22-9-1-7-19(11-22)8-6-17(24)23(12-19)14-3-4-14/h2,5,10,14H,1,3-4,6-9,11-12H2. The minimum Gasteiger partial charge on any atom is -0.339 e. The molecule has 0 radical (unpaired) electrons. The zero-order valence-electron chi connectivity index (χ0n) is 14.1. The number of hydrogen-bond donors (Lipinski definition) is 0. The van der Waals surface area contributed by atoms with Crippen LogP contribution in [0.2, 0.25) is 5.02 Å². The molecular weight excluding hydrogens is 343 g/mol. The maximum atomic E-state index is 13.7. The molecule has 2 amide bonds. The lowest BCUT2D eigenvalue weighted by molar-refractivity contribution is -0.139. The van der Waals surface area contributed by atoms with Gasteiger partial charge in [0.2, 0.25) is 5.91 Å². The van der Waals surface area contributed by atoms with Crippen LogP contribution in [-0.2, 0) is 4.79 Å². The van der Waals surface area contributed by atoms with Crippen molar-refractivity contribution in [2.75, 3.05) is 19.6 Å². The van der Waals surface area contributed by atoms with E-state index in [9.17, 15) is 14.0 Å². The largest absolute Gasteiger partial charge is 0.339 e. The molecule has 3 fully saturated rings. The number of hydrogen-bond acceptors (Lipinski definition) is 2. The lowest BCUT2D eigenvalue weighted by Gasteiger charge is -2.48. The molecule has 134 valence electrons. The molecule has 1 aromatic rings. The van der Waals surface area contributed by atoms with Crippen molar-refractivity contribution in [3.8, 4) is 0 Å². The molecule has 2 saturated heterocycles. The van der Waals surface area contributed by atoms with Gasteiger partial charge in [0.05, 0.1) is 5.02 Å². The van der Waals surface area contributed by atoms with E-state index >= 15 is 0 Å². The molecule has 3 aliphatic rings. The Morgan fingerprint density at radius 2 is 2.04 bits per heavy atom. The minimum absolute atomic E-state index is 0.00458. The van der Waals surface area contributed by atoms with Gasteiger partial charge in [-0.15, -0.1) is 0 Å². The number of rotatable bonds is 2. The fraction of sp³-hybridized carbons (Fsp3) is 0.579. The molecule has 1 unspecified atom stereocenters. The summed E-state index contributed by atoms with van der Waals surface area (Å²) in [6.07, 6.45) is 5.60. The summed E-state index contributed by atoms with van der Waals surface area (Å²) in [6.45, 7) is 2.09. The molecule has 0 bridgehead atoms. The molecule has 0 aromatic heterocycles. The van der Waals surface area contributed by atoms with E-state index in [2.05, 4.69) is 0 Å². The molecule has 1 atom stereocenters. The van der Waals surface area contributed by atoms with Crippen LogP contribution in [0, 0.1) is 11.2 Å². The molecule has 4 rings (SSSR count). The number of likely N-dealkylation sites (tertiary alicyclic amines) is 2. The predicted molar refractivity (Wildman–Crippen MR) is 92.9 cm³/mol. The van der Waals surface area contributed by atoms with Crippen LogP contribution in [-0.4, -0.2) is 47.3 Å². The summed E-state index contributed by atoms with van der Waals surface area (Å²) < 4.78 is 13.7. The second-order valence-corrected chi connectivity index (χ2v) is 8.12. The zero-order chi connectivity index (χ0) is 17.6. The predicted octanol–water partition coefficient (Wildman–Crippen LogP) is 3.49. The number of benzene rings is 1. The second-order valence-electron chi connectivity index (χ2n) is 7.71. The SMILES string of the molecule is O=C(c1ccc(Cl)c(F)c1)N1CCCC2(CCC(=O)N(C3CC3)C2)C1. The van der Waals surface area contributed by atoms with Crippen LogP contribution in [0.3, 0.4) is 0 Å². The third-order valence-corrected chi connectivity index (χ3v) is 6.10. The Balaban J connectivity index is 1.51. The molecule has 1 aromatic carbocycles. The van der Waals surface area contributed by atoms with Crippen molar-refractivity contribution in [3.05, 3.63) is 34.6 Å². The van der Waals surface area contributed by atoms with Gasteiger partial charge in [-0.05, 0) is 50.3 Å². The van der Waals surface area contributed by atoms with Gasteiger partial charge in [-0.3, -0.25) is 9.59 Å². The third kappa shape index (κ3) is 3.26. The molecule has 1 saturated carbocycles. The monoisotopic (exact) mass is 364 g/mol. The summed E-state index contributed by atoms with van der Waals surface area (Å²) in [6, 6.07) is 4.64. The summed E-state index contributed by atoms with van der Waals surface area (Å²) >= 11 is 5.72. The average Bonchev–Trinajstić information content (AvgIpc) is 3.44. The number of piperidine rings is 2. The van der Waals surface area contributed by atoms with E-state index in [1.165, 1.54) is 12.1 Å². The van der Waals surface area contributed by atoms with Crippen LogP contribution in [0.5, 0.6) is 0 Å². The highest BCUT2D eigenvalue weighted by atomic mass is 35.5. The Bertz CT molecular complexity index is 721. The third-order valence-electron chi connectivity index (χ3n) is 5.80. The molecule has 4 nitrogen and oxygen atoms in total. The Hall–Kier alpha value is -1.62. The first-order chi connectivity index (χ1) is 12.0. The average molecular weight is 365 g/mol. The van der Waals surface area contributed by atoms with E-state index in [0.717, 1.165) is 38.6 Å². The highest BCUT2D eigenvalue weighted by Gasteiger charge is 2.46. The van der Waals surface area contributed by atoms with Crippen molar-refractivity contribution in [2.24, 2.45) is 5.41 Å². The van der Waals surface area contributed by atoms with Crippen molar-refractivity contribution >= 4 is 23.4 Å². The van der Waals surface area contributed by atoms with Crippen molar-refractivity contribution < 1.29 is 14.0 Å². The molecule has 1 spiro atoms. The lowest BCUT2D eigenvalue weighted by atomic mass is 9.73. The quantitative estimate of drug-likeness (QED) is 0.806. The van der Waals surface area contributed by atoms with Crippen LogP contribution in [0.25, 0.3) is 0 Å². The molecule has 2 heterocycles. The van der Waals surface area contributed by atoms with Crippen molar-refractivity contribution in [1.29, 1.82) is 0 Å². The van der Waals surface area contributed by atoms with E-state index in [0.29, 0.717) is 31.1 Å². The van der Waals surface area contributed by atoms with Gasteiger partial charge in [-0.2, -0.15) is 0 Å². The van der Waals surface area contributed by atoms with E-state index in [1.54, 1.807) is 6.07 Å². The molecule has 6 heteroatoms. The lowest BCUT2D eigenvalue weighted by Crippen LogP contribution is -2.55. The first-order valence-electron chi connectivity index (χ1n) is 9.01. The van der Waals surface area contributed by atoms with Gasteiger partial charge in [0.1, 0.15) is 5.82 Å². The minimum atomic E-state index is -0.567. The number of nitrogens with zero attached hydrogens (tertiary/aromatic N) is 2. The van der Waals surface area contributed by atoms with E-state index < -0.39 is 5.82 Å². The number of amides is 2.